The first-order valence-electron chi connectivity index (χ1n) is 9.00. The molecule has 5 heteroatoms. The largest absolute Gasteiger partial charge is 0.353 e. The van der Waals surface area contributed by atoms with Crippen LogP contribution in [0.4, 0.5) is 4.39 Å². The number of nitrogens with zero attached hydrogens (tertiary/aromatic N) is 1. The Kier molecular flexibility index (Phi) is 6.00. The maximum absolute atomic E-state index is 13.8. The number of hydrogen-bond donors (Lipinski definition) is 1. The second-order valence-corrected chi connectivity index (χ2v) is 6.60. The van der Waals surface area contributed by atoms with Gasteiger partial charge in [0.1, 0.15) is 5.82 Å². The molecule has 1 heterocycles. The van der Waals surface area contributed by atoms with Gasteiger partial charge in [-0.3, -0.25) is 9.59 Å². The minimum atomic E-state index is -0.492. The lowest BCUT2D eigenvalue weighted by molar-refractivity contribution is -0.122. The fraction of sp³-hybridized carbons (Fsp3) is 0.333. The summed E-state index contributed by atoms with van der Waals surface area (Å²) < 4.78 is 13.8. The molecular formula is C21H23FN2O2. The number of carbonyl (C=O) groups is 2. The van der Waals surface area contributed by atoms with Crippen molar-refractivity contribution in [2.45, 2.75) is 31.7 Å². The van der Waals surface area contributed by atoms with Crippen molar-refractivity contribution in [2.24, 2.45) is 0 Å². The topological polar surface area (TPSA) is 49.4 Å². The van der Waals surface area contributed by atoms with Crippen LogP contribution < -0.4 is 5.32 Å². The van der Waals surface area contributed by atoms with Gasteiger partial charge in [-0.1, -0.05) is 42.5 Å². The molecule has 1 saturated heterocycles. The van der Waals surface area contributed by atoms with Crippen molar-refractivity contribution in [1.82, 2.24) is 10.2 Å². The molecule has 0 saturated carbocycles. The van der Waals surface area contributed by atoms with E-state index in [0.717, 1.165) is 12.0 Å². The molecule has 1 aliphatic heterocycles. The normalized spacial score (nSPS) is 14.9. The van der Waals surface area contributed by atoms with Gasteiger partial charge in [-0.25, -0.2) is 4.39 Å². The fourth-order valence-corrected chi connectivity index (χ4v) is 3.23. The smallest absolute Gasteiger partial charge is 0.256 e. The van der Waals surface area contributed by atoms with Crippen LogP contribution >= 0.6 is 0 Å². The molecule has 0 aromatic heterocycles. The van der Waals surface area contributed by atoms with Crippen LogP contribution in [0.2, 0.25) is 0 Å². The van der Waals surface area contributed by atoms with E-state index in [-0.39, 0.29) is 23.4 Å². The SMILES string of the molecule is O=C(CCc1ccccc1)NC1CCN(C(=O)c2ccccc2F)CC1. The first kappa shape index (κ1) is 18.1. The number of carbonyl (C=O) groups excluding carboxylic acids is 2. The molecule has 2 amide bonds. The Labute approximate surface area is 153 Å². The van der Waals surface area contributed by atoms with E-state index in [1.54, 1.807) is 17.0 Å². The second kappa shape index (κ2) is 8.61. The Morgan fingerprint density at radius 1 is 1.00 bits per heavy atom. The molecule has 1 aliphatic rings. The number of piperidine rings is 1. The third kappa shape index (κ3) is 4.69. The number of likely N-dealkylation sites (tertiary alicyclic amines) is 1. The summed E-state index contributed by atoms with van der Waals surface area (Å²) in [6.07, 6.45) is 2.56. The quantitative estimate of drug-likeness (QED) is 0.897. The lowest BCUT2D eigenvalue weighted by atomic mass is 10.0. The maximum atomic E-state index is 13.8. The zero-order chi connectivity index (χ0) is 18.4. The van der Waals surface area contributed by atoms with Crippen molar-refractivity contribution in [3.05, 3.63) is 71.5 Å². The average molecular weight is 354 g/mol. The van der Waals surface area contributed by atoms with E-state index in [4.69, 9.17) is 0 Å². The highest BCUT2D eigenvalue weighted by Gasteiger charge is 2.25. The molecule has 0 spiro atoms. The molecule has 0 bridgehead atoms. The molecule has 1 N–H and O–H groups in total. The van der Waals surface area contributed by atoms with Crippen LogP contribution in [0.15, 0.2) is 54.6 Å². The van der Waals surface area contributed by atoms with Crippen LogP contribution in [-0.4, -0.2) is 35.8 Å². The number of rotatable bonds is 5. The van der Waals surface area contributed by atoms with E-state index in [0.29, 0.717) is 32.4 Å². The maximum Gasteiger partial charge on any atom is 0.256 e. The third-order valence-corrected chi connectivity index (χ3v) is 4.74. The van der Waals surface area contributed by atoms with Crippen molar-refractivity contribution in [3.63, 3.8) is 0 Å². The van der Waals surface area contributed by atoms with Gasteiger partial charge < -0.3 is 10.2 Å². The highest BCUT2D eigenvalue weighted by atomic mass is 19.1. The summed E-state index contributed by atoms with van der Waals surface area (Å²) >= 11 is 0. The van der Waals surface area contributed by atoms with Gasteiger partial charge in [0, 0.05) is 25.6 Å². The first-order valence-corrected chi connectivity index (χ1v) is 9.00. The van der Waals surface area contributed by atoms with Gasteiger partial charge in [-0.05, 0) is 37.0 Å². The second-order valence-electron chi connectivity index (χ2n) is 6.60. The van der Waals surface area contributed by atoms with Gasteiger partial charge in [-0.15, -0.1) is 0 Å². The first-order chi connectivity index (χ1) is 12.6. The Morgan fingerprint density at radius 2 is 1.65 bits per heavy atom. The van der Waals surface area contributed by atoms with Gasteiger partial charge in [0.2, 0.25) is 5.91 Å². The highest BCUT2D eigenvalue weighted by molar-refractivity contribution is 5.94. The Balaban J connectivity index is 1.44. The van der Waals surface area contributed by atoms with Gasteiger partial charge in [-0.2, -0.15) is 0 Å². The highest BCUT2D eigenvalue weighted by Crippen LogP contribution is 2.16. The summed E-state index contributed by atoms with van der Waals surface area (Å²) in [5.41, 5.74) is 1.26. The Hall–Kier alpha value is -2.69. The molecule has 2 aromatic carbocycles. The molecule has 4 nitrogen and oxygen atoms in total. The number of amides is 2. The molecule has 0 aliphatic carbocycles. The number of nitrogens with one attached hydrogen (secondary N) is 1. The summed E-state index contributed by atoms with van der Waals surface area (Å²) in [6, 6.07) is 16.0. The van der Waals surface area contributed by atoms with Gasteiger partial charge in [0.25, 0.3) is 5.91 Å². The number of hydrogen-bond acceptors (Lipinski definition) is 2. The van der Waals surface area contributed by atoms with E-state index >= 15 is 0 Å². The van der Waals surface area contributed by atoms with Gasteiger partial charge >= 0.3 is 0 Å². The third-order valence-electron chi connectivity index (χ3n) is 4.74. The predicted octanol–water partition coefficient (Wildman–Crippen LogP) is 3.18. The summed E-state index contributed by atoms with van der Waals surface area (Å²) in [5.74, 6) is -0.737. The van der Waals surface area contributed by atoms with E-state index in [1.807, 2.05) is 30.3 Å². The van der Waals surface area contributed by atoms with Gasteiger partial charge in [0.05, 0.1) is 5.56 Å². The zero-order valence-electron chi connectivity index (χ0n) is 14.7. The molecule has 0 unspecified atom stereocenters. The standard InChI is InChI=1S/C21H23FN2O2/c22-19-9-5-4-8-18(19)21(26)24-14-12-17(13-15-24)23-20(25)11-10-16-6-2-1-3-7-16/h1-9,17H,10-15H2,(H,23,25). The summed E-state index contributed by atoms with van der Waals surface area (Å²) in [7, 11) is 0. The number of halogens is 1. The van der Waals surface area contributed by atoms with Crippen LogP contribution in [0, 0.1) is 5.82 Å². The minimum Gasteiger partial charge on any atom is -0.353 e. The summed E-state index contributed by atoms with van der Waals surface area (Å²) in [4.78, 5) is 26.2. The van der Waals surface area contributed by atoms with Crippen LogP contribution in [-0.2, 0) is 11.2 Å². The van der Waals surface area contributed by atoms with Crippen LogP contribution in [0.3, 0.4) is 0 Å². The minimum absolute atomic E-state index is 0.0349. The van der Waals surface area contributed by atoms with E-state index in [9.17, 15) is 14.0 Å². The molecule has 0 radical (unpaired) electrons. The average Bonchev–Trinajstić information content (AvgIpc) is 2.68. The Morgan fingerprint density at radius 3 is 2.35 bits per heavy atom. The molecule has 1 fully saturated rings. The molecule has 26 heavy (non-hydrogen) atoms. The molecule has 2 aromatic rings. The Bertz CT molecular complexity index is 756. The zero-order valence-corrected chi connectivity index (χ0v) is 14.7. The molecule has 3 rings (SSSR count). The van der Waals surface area contributed by atoms with E-state index in [1.165, 1.54) is 12.1 Å². The van der Waals surface area contributed by atoms with Crippen molar-refractivity contribution >= 4 is 11.8 Å². The molecule has 0 atom stereocenters. The fourth-order valence-electron chi connectivity index (χ4n) is 3.23. The van der Waals surface area contributed by atoms with E-state index < -0.39 is 5.82 Å². The van der Waals surface area contributed by atoms with Crippen molar-refractivity contribution < 1.29 is 14.0 Å². The van der Waals surface area contributed by atoms with Crippen molar-refractivity contribution in [1.29, 1.82) is 0 Å². The lowest BCUT2D eigenvalue weighted by Crippen LogP contribution is -2.46. The number of benzene rings is 2. The van der Waals surface area contributed by atoms with Gasteiger partial charge in [0.15, 0.2) is 0 Å². The van der Waals surface area contributed by atoms with Crippen molar-refractivity contribution in [3.8, 4) is 0 Å². The molecule has 136 valence electrons. The van der Waals surface area contributed by atoms with Crippen LogP contribution in [0.5, 0.6) is 0 Å². The summed E-state index contributed by atoms with van der Waals surface area (Å²) in [5, 5.41) is 3.05. The van der Waals surface area contributed by atoms with Crippen LogP contribution in [0.25, 0.3) is 0 Å². The monoisotopic (exact) mass is 354 g/mol. The predicted molar refractivity (Wildman–Crippen MR) is 98.2 cm³/mol. The van der Waals surface area contributed by atoms with Crippen molar-refractivity contribution in [2.75, 3.05) is 13.1 Å². The summed E-state index contributed by atoms with van der Waals surface area (Å²) in [6.45, 7) is 1.05. The number of aryl methyl sites for hydroxylation is 1. The molecular weight excluding hydrogens is 331 g/mol. The van der Waals surface area contributed by atoms with Crippen LogP contribution in [0.1, 0.15) is 35.2 Å². The van der Waals surface area contributed by atoms with E-state index in [2.05, 4.69) is 5.32 Å². The lowest BCUT2D eigenvalue weighted by Gasteiger charge is -2.32.